The predicted octanol–water partition coefficient (Wildman–Crippen LogP) is 5.07. The first-order valence-corrected chi connectivity index (χ1v) is 6.99. The summed E-state index contributed by atoms with van der Waals surface area (Å²) in [5, 5.41) is 2.22. The Morgan fingerprint density at radius 2 is 1.85 bits per heavy atom. The number of hydrogen-bond acceptors (Lipinski definition) is 2. The molecule has 1 heterocycles. The van der Waals surface area contributed by atoms with E-state index in [4.69, 9.17) is 16.3 Å². The molecule has 0 aliphatic rings. The molecule has 0 saturated heterocycles. The van der Waals surface area contributed by atoms with Gasteiger partial charge in [-0.1, -0.05) is 36.4 Å². The van der Waals surface area contributed by atoms with Crippen LogP contribution < -0.4 is 4.74 Å². The summed E-state index contributed by atoms with van der Waals surface area (Å²) in [7, 11) is 0. The molecule has 0 spiro atoms. The molecule has 0 aliphatic heterocycles. The predicted molar refractivity (Wildman–Crippen MR) is 82.6 cm³/mol. The van der Waals surface area contributed by atoms with E-state index in [0.717, 1.165) is 27.8 Å². The molecule has 0 saturated carbocycles. The SMILES string of the molecule is Cc1cc(CCl)cc(Oc2cccc3ccccc23)n1. The van der Waals surface area contributed by atoms with E-state index in [1.54, 1.807) is 0 Å². The van der Waals surface area contributed by atoms with E-state index in [9.17, 15) is 0 Å². The van der Waals surface area contributed by atoms with Crippen molar-refractivity contribution < 1.29 is 4.74 Å². The van der Waals surface area contributed by atoms with Crippen LogP contribution in [0.1, 0.15) is 11.3 Å². The molecule has 0 radical (unpaired) electrons. The molecule has 0 atom stereocenters. The minimum Gasteiger partial charge on any atom is -0.438 e. The molecule has 3 heteroatoms. The van der Waals surface area contributed by atoms with Gasteiger partial charge >= 0.3 is 0 Å². The van der Waals surface area contributed by atoms with Crippen molar-refractivity contribution in [1.82, 2.24) is 4.98 Å². The summed E-state index contributed by atoms with van der Waals surface area (Å²) in [5.74, 6) is 1.84. The molecule has 0 fully saturated rings. The lowest BCUT2D eigenvalue weighted by Crippen LogP contribution is -1.93. The van der Waals surface area contributed by atoms with Gasteiger partial charge < -0.3 is 4.74 Å². The Morgan fingerprint density at radius 1 is 1.05 bits per heavy atom. The normalized spacial score (nSPS) is 10.7. The second kappa shape index (κ2) is 5.51. The number of aromatic nitrogens is 1. The molecule has 0 unspecified atom stereocenters. The number of hydrogen-bond donors (Lipinski definition) is 0. The Balaban J connectivity index is 2.03. The Bertz CT molecular complexity index is 750. The van der Waals surface area contributed by atoms with Crippen LogP contribution in [0.25, 0.3) is 10.8 Å². The lowest BCUT2D eigenvalue weighted by Gasteiger charge is -2.09. The maximum atomic E-state index is 5.95. The van der Waals surface area contributed by atoms with Crippen LogP contribution in [0.4, 0.5) is 0 Å². The van der Waals surface area contributed by atoms with Crippen LogP contribution in [0.15, 0.2) is 54.6 Å². The van der Waals surface area contributed by atoms with Crippen molar-refractivity contribution in [2.45, 2.75) is 12.8 Å². The third-order valence-corrected chi connectivity index (χ3v) is 3.42. The van der Waals surface area contributed by atoms with Crippen molar-refractivity contribution in [1.29, 1.82) is 0 Å². The van der Waals surface area contributed by atoms with Crippen LogP contribution in [0.3, 0.4) is 0 Å². The average Bonchev–Trinajstić information content (AvgIpc) is 2.47. The number of pyridine rings is 1. The summed E-state index contributed by atoms with van der Waals surface area (Å²) in [6, 6.07) is 18.0. The molecule has 0 aliphatic carbocycles. The van der Waals surface area contributed by atoms with Crippen LogP contribution in [0.5, 0.6) is 11.6 Å². The molecule has 100 valence electrons. The highest BCUT2D eigenvalue weighted by Gasteiger charge is 2.05. The first-order chi connectivity index (χ1) is 9.76. The number of fused-ring (bicyclic) bond motifs is 1. The van der Waals surface area contributed by atoms with E-state index in [-0.39, 0.29) is 0 Å². The van der Waals surface area contributed by atoms with Crippen molar-refractivity contribution in [2.24, 2.45) is 0 Å². The number of aryl methyl sites for hydroxylation is 1. The summed E-state index contributed by atoms with van der Waals surface area (Å²) in [4.78, 5) is 4.40. The zero-order valence-corrected chi connectivity index (χ0v) is 11.9. The van der Waals surface area contributed by atoms with Crippen LogP contribution in [0, 0.1) is 6.92 Å². The molecular weight excluding hydrogens is 270 g/mol. The van der Waals surface area contributed by atoms with Gasteiger partial charge in [0.25, 0.3) is 0 Å². The molecule has 2 aromatic carbocycles. The van der Waals surface area contributed by atoms with E-state index in [0.29, 0.717) is 11.8 Å². The second-order valence-electron chi connectivity index (χ2n) is 4.67. The van der Waals surface area contributed by atoms with Crippen molar-refractivity contribution in [2.75, 3.05) is 0 Å². The fraction of sp³-hybridized carbons (Fsp3) is 0.118. The molecule has 2 nitrogen and oxygen atoms in total. The Morgan fingerprint density at radius 3 is 2.70 bits per heavy atom. The van der Waals surface area contributed by atoms with E-state index < -0.39 is 0 Å². The Hall–Kier alpha value is -2.06. The van der Waals surface area contributed by atoms with Crippen molar-refractivity contribution in [3.05, 3.63) is 65.9 Å². The lowest BCUT2D eigenvalue weighted by molar-refractivity contribution is 0.466. The second-order valence-corrected chi connectivity index (χ2v) is 4.94. The van der Waals surface area contributed by atoms with Crippen LogP contribution in [-0.4, -0.2) is 4.98 Å². The number of halogens is 1. The first-order valence-electron chi connectivity index (χ1n) is 6.45. The van der Waals surface area contributed by atoms with E-state index >= 15 is 0 Å². The van der Waals surface area contributed by atoms with Crippen LogP contribution in [-0.2, 0) is 5.88 Å². The summed E-state index contributed by atoms with van der Waals surface area (Å²) < 4.78 is 5.95. The van der Waals surface area contributed by atoms with Gasteiger partial charge in [0.1, 0.15) is 5.75 Å². The highest BCUT2D eigenvalue weighted by molar-refractivity contribution is 6.17. The largest absolute Gasteiger partial charge is 0.438 e. The molecule has 0 bridgehead atoms. The number of ether oxygens (including phenoxy) is 1. The highest BCUT2D eigenvalue weighted by atomic mass is 35.5. The lowest BCUT2D eigenvalue weighted by atomic mass is 10.1. The van der Waals surface area contributed by atoms with Gasteiger partial charge in [-0.15, -0.1) is 11.6 Å². The molecule has 3 rings (SSSR count). The van der Waals surface area contributed by atoms with Gasteiger partial charge in [0.15, 0.2) is 0 Å². The van der Waals surface area contributed by atoms with Gasteiger partial charge in [-0.2, -0.15) is 0 Å². The molecule has 1 aromatic heterocycles. The van der Waals surface area contributed by atoms with Crippen LogP contribution >= 0.6 is 11.6 Å². The third-order valence-electron chi connectivity index (χ3n) is 3.11. The summed E-state index contributed by atoms with van der Waals surface area (Å²) in [5.41, 5.74) is 1.91. The Kier molecular flexibility index (Phi) is 3.57. The quantitative estimate of drug-likeness (QED) is 0.626. The summed E-state index contributed by atoms with van der Waals surface area (Å²) in [6.07, 6.45) is 0. The van der Waals surface area contributed by atoms with Gasteiger partial charge in [0.2, 0.25) is 5.88 Å². The zero-order chi connectivity index (χ0) is 13.9. The standard InChI is InChI=1S/C17H14ClNO/c1-12-9-13(11-18)10-17(19-12)20-16-8-4-6-14-5-2-3-7-15(14)16/h2-10H,11H2,1H3. The Labute approximate surface area is 123 Å². The van der Waals surface area contributed by atoms with E-state index in [1.165, 1.54) is 0 Å². The zero-order valence-electron chi connectivity index (χ0n) is 11.1. The maximum absolute atomic E-state index is 5.95. The fourth-order valence-electron chi connectivity index (χ4n) is 2.23. The van der Waals surface area contributed by atoms with E-state index in [2.05, 4.69) is 17.1 Å². The molecular formula is C17H14ClNO. The smallest absolute Gasteiger partial charge is 0.219 e. The van der Waals surface area contributed by atoms with Crippen molar-refractivity contribution in [3.8, 4) is 11.6 Å². The minimum atomic E-state index is 0.454. The van der Waals surface area contributed by atoms with Crippen molar-refractivity contribution >= 4 is 22.4 Å². The van der Waals surface area contributed by atoms with Gasteiger partial charge in [0.05, 0.1) is 0 Å². The third kappa shape index (κ3) is 2.61. The van der Waals surface area contributed by atoms with E-state index in [1.807, 2.05) is 49.4 Å². The molecule has 0 N–H and O–H groups in total. The summed E-state index contributed by atoms with van der Waals surface area (Å²) in [6.45, 7) is 1.94. The molecule has 20 heavy (non-hydrogen) atoms. The number of rotatable bonds is 3. The highest BCUT2D eigenvalue weighted by Crippen LogP contribution is 2.29. The fourth-order valence-corrected chi connectivity index (χ4v) is 2.39. The minimum absolute atomic E-state index is 0.454. The summed E-state index contributed by atoms with van der Waals surface area (Å²) >= 11 is 5.89. The average molecular weight is 284 g/mol. The van der Waals surface area contributed by atoms with Gasteiger partial charge in [-0.05, 0) is 30.0 Å². The molecule has 0 amide bonds. The van der Waals surface area contributed by atoms with Gasteiger partial charge in [-0.25, -0.2) is 4.98 Å². The van der Waals surface area contributed by atoms with Crippen molar-refractivity contribution in [3.63, 3.8) is 0 Å². The molecule has 3 aromatic rings. The monoisotopic (exact) mass is 283 g/mol. The number of nitrogens with zero attached hydrogens (tertiary/aromatic N) is 1. The van der Waals surface area contributed by atoms with Gasteiger partial charge in [-0.3, -0.25) is 0 Å². The number of alkyl halides is 1. The van der Waals surface area contributed by atoms with Crippen LogP contribution in [0.2, 0.25) is 0 Å². The topological polar surface area (TPSA) is 22.1 Å². The van der Waals surface area contributed by atoms with Gasteiger partial charge in [0, 0.05) is 23.0 Å². The maximum Gasteiger partial charge on any atom is 0.219 e. The first kappa shape index (κ1) is 12.9. The number of benzene rings is 2.